The first kappa shape index (κ1) is 11.7. The average Bonchev–Trinajstić information content (AvgIpc) is 2.73. The van der Waals surface area contributed by atoms with Gasteiger partial charge in [0.15, 0.2) is 0 Å². The van der Waals surface area contributed by atoms with Crippen LogP contribution in [0.25, 0.3) is 0 Å². The molecule has 0 aromatic heterocycles. The largest absolute Gasteiger partial charge is 0.385 e. The fourth-order valence-electron chi connectivity index (χ4n) is 2.14. The van der Waals surface area contributed by atoms with Crippen LogP contribution in [0.5, 0.6) is 0 Å². The topological polar surface area (TPSA) is 29.3 Å². The van der Waals surface area contributed by atoms with Crippen molar-refractivity contribution >= 4 is 5.69 Å². The number of hydrogen-bond acceptors (Lipinski definition) is 2. The van der Waals surface area contributed by atoms with E-state index in [-0.39, 0.29) is 5.82 Å². The summed E-state index contributed by atoms with van der Waals surface area (Å²) in [7, 11) is 1.85. The SMILES string of the molecule is C=C1CCC/C1=C(\N)N(C)c1cccc(F)c1. The first-order chi connectivity index (χ1) is 8.09. The minimum Gasteiger partial charge on any atom is -0.385 e. The first-order valence-electron chi connectivity index (χ1n) is 5.75. The van der Waals surface area contributed by atoms with Crippen LogP contribution in [0.1, 0.15) is 19.3 Å². The lowest BCUT2D eigenvalue weighted by Crippen LogP contribution is -2.24. The molecule has 1 saturated carbocycles. The van der Waals surface area contributed by atoms with Gasteiger partial charge >= 0.3 is 0 Å². The van der Waals surface area contributed by atoms with Crippen molar-refractivity contribution in [2.75, 3.05) is 11.9 Å². The van der Waals surface area contributed by atoms with Crippen molar-refractivity contribution in [3.05, 3.63) is 53.6 Å². The van der Waals surface area contributed by atoms with Gasteiger partial charge in [-0.3, -0.25) is 0 Å². The van der Waals surface area contributed by atoms with Crippen molar-refractivity contribution in [2.45, 2.75) is 19.3 Å². The molecule has 1 aliphatic carbocycles. The zero-order valence-electron chi connectivity index (χ0n) is 10.0. The van der Waals surface area contributed by atoms with Gasteiger partial charge in [-0.25, -0.2) is 4.39 Å². The maximum Gasteiger partial charge on any atom is 0.125 e. The zero-order valence-corrected chi connectivity index (χ0v) is 10.0. The maximum atomic E-state index is 13.1. The fourth-order valence-corrected chi connectivity index (χ4v) is 2.14. The summed E-state index contributed by atoms with van der Waals surface area (Å²) in [6.07, 6.45) is 3.07. The molecular formula is C14H17FN2. The summed E-state index contributed by atoms with van der Waals surface area (Å²) in [6.45, 7) is 4.01. The van der Waals surface area contributed by atoms with E-state index in [9.17, 15) is 4.39 Å². The molecule has 1 fully saturated rings. The monoisotopic (exact) mass is 232 g/mol. The van der Waals surface area contributed by atoms with Crippen LogP contribution in [-0.4, -0.2) is 7.05 Å². The molecule has 1 aliphatic rings. The third-order valence-electron chi connectivity index (χ3n) is 3.20. The number of hydrogen-bond donors (Lipinski definition) is 1. The molecule has 0 unspecified atom stereocenters. The Balaban J connectivity index is 2.31. The predicted molar refractivity (Wildman–Crippen MR) is 69.0 cm³/mol. The molecule has 2 N–H and O–H groups in total. The molecular weight excluding hydrogens is 215 g/mol. The third-order valence-corrected chi connectivity index (χ3v) is 3.20. The summed E-state index contributed by atoms with van der Waals surface area (Å²) in [5.74, 6) is 0.426. The molecule has 0 radical (unpaired) electrons. The lowest BCUT2D eigenvalue weighted by atomic mass is 10.1. The molecule has 1 aromatic carbocycles. The first-order valence-corrected chi connectivity index (χ1v) is 5.75. The van der Waals surface area contributed by atoms with Gasteiger partial charge in [-0.05, 0) is 48.6 Å². The van der Waals surface area contributed by atoms with E-state index in [1.807, 2.05) is 18.0 Å². The Morgan fingerprint density at radius 1 is 1.41 bits per heavy atom. The van der Waals surface area contributed by atoms with Gasteiger partial charge < -0.3 is 10.6 Å². The normalized spacial score (nSPS) is 18.4. The van der Waals surface area contributed by atoms with Crippen molar-refractivity contribution < 1.29 is 4.39 Å². The smallest absolute Gasteiger partial charge is 0.125 e. The van der Waals surface area contributed by atoms with Gasteiger partial charge in [-0.1, -0.05) is 12.6 Å². The zero-order chi connectivity index (χ0) is 12.4. The average molecular weight is 232 g/mol. The van der Waals surface area contributed by atoms with E-state index in [2.05, 4.69) is 6.58 Å². The highest BCUT2D eigenvalue weighted by Crippen LogP contribution is 2.31. The summed E-state index contributed by atoms with van der Waals surface area (Å²) >= 11 is 0. The van der Waals surface area contributed by atoms with Gasteiger partial charge in [0.05, 0.1) is 0 Å². The van der Waals surface area contributed by atoms with Gasteiger partial charge in [0.2, 0.25) is 0 Å². The summed E-state index contributed by atoms with van der Waals surface area (Å²) < 4.78 is 13.1. The highest BCUT2D eigenvalue weighted by atomic mass is 19.1. The fraction of sp³-hybridized carbons (Fsp3) is 0.286. The van der Waals surface area contributed by atoms with Crippen LogP contribution in [0.4, 0.5) is 10.1 Å². The van der Waals surface area contributed by atoms with Crippen LogP contribution in [-0.2, 0) is 0 Å². The predicted octanol–water partition coefficient (Wildman–Crippen LogP) is 3.17. The number of rotatable bonds is 2. The highest BCUT2D eigenvalue weighted by molar-refractivity contribution is 5.53. The van der Waals surface area contributed by atoms with Gasteiger partial charge in [0.25, 0.3) is 0 Å². The number of nitrogens with two attached hydrogens (primary N) is 1. The molecule has 3 heteroatoms. The molecule has 17 heavy (non-hydrogen) atoms. The quantitative estimate of drug-likeness (QED) is 0.848. The molecule has 0 bridgehead atoms. The maximum absolute atomic E-state index is 13.1. The van der Waals surface area contributed by atoms with Crippen LogP contribution in [0.3, 0.4) is 0 Å². The van der Waals surface area contributed by atoms with E-state index < -0.39 is 0 Å². The van der Waals surface area contributed by atoms with E-state index >= 15 is 0 Å². The summed E-state index contributed by atoms with van der Waals surface area (Å²) in [5, 5.41) is 0. The molecule has 2 nitrogen and oxygen atoms in total. The van der Waals surface area contributed by atoms with Crippen molar-refractivity contribution in [2.24, 2.45) is 5.73 Å². The Bertz CT molecular complexity index is 477. The Morgan fingerprint density at radius 3 is 2.76 bits per heavy atom. The molecule has 0 aliphatic heterocycles. The number of allylic oxidation sites excluding steroid dienone is 2. The third kappa shape index (κ3) is 2.33. The molecule has 0 saturated heterocycles. The Kier molecular flexibility index (Phi) is 3.18. The Morgan fingerprint density at radius 2 is 2.18 bits per heavy atom. The van der Waals surface area contributed by atoms with E-state index in [4.69, 9.17) is 5.73 Å². The Labute approximate surface area is 101 Å². The van der Waals surface area contributed by atoms with E-state index in [0.717, 1.165) is 36.1 Å². The second-order valence-corrected chi connectivity index (χ2v) is 4.36. The van der Waals surface area contributed by atoms with Crippen molar-refractivity contribution in [3.8, 4) is 0 Å². The number of nitrogens with zero attached hydrogens (tertiary/aromatic N) is 1. The minimum absolute atomic E-state index is 0.252. The minimum atomic E-state index is -0.252. The van der Waals surface area contributed by atoms with Gasteiger partial charge in [-0.15, -0.1) is 0 Å². The van der Waals surface area contributed by atoms with Gasteiger partial charge in [0.1, 0.15) is 11.6 Å². The van der Waals surface area contributed by atoms with Gasteiger partial charge in [-0.2, -0.15) is 0 Å². The number of benzene rings is 1. The lowest BCUT2D eigenvalue weighted by molar-refractivity contribution is 0.627. The van der Waals surface area contributed by atoms with Crippen LogP contribution in [0.2, 0.25) is 0 Å². The van der Waals surface area contributed by atoms with Crippen LogP contribution in [0.15, 0.2) is 47.8 Å². The van der Waals surface area contributed by atoms with E-state index in [1.165, 1.54) is 12.1 Å². The van der Waals surface area contributed by atoms with Gasteiger partial charge in [0, 0.05) is 12.7 Å². The number of anilines is 1. The molecule has 0 atom stereocenters. The van der Waals surface area contributed by atoms with Crippen molar-refractivity contribution in [1.29, 1.82) is 0 Å². The second-order valence-electron chi connectivity index (χ2n) is 4.36. The van der Waals surface area contributed by atoms with E-state index in [0.29, 0.717) is 5.82 Å². The molecule has 0 spiro atoms. The van der Waals surface area contributed by atoms with Crippen LogP contribution in [0, 0.1) is 5.82 Å². The lowest BCUT2D eigenvalue weighted by Gasteiger charge is -2.22. The molecule has 90 valence electrons. The summed E-state index contributed by atoms with van der Waals surface area (Å²) in [6, 6.07) is 6.43. The van der Waals surface area contributed by atoms with Crippen molar-refractivity contribution in [3.63, 3.8) is 0 Å². The summed E-state index contributed by atoms with van der Waals surface area (Å²) in [5.41, 5.74) is 9.09. The van der Waals surface area contributed by atoms with Crippen LogP contribution >= 0.6 is 0 Å². The summed E-state index contributed by atoms with van der Waals surface area (Å²) in [4.78, 5) is 1.81. The Hall–Kier alpha value is -1.77. The number of halogens is 1. The molecule has 1 aromatic rings. The van der Waals surface area contributed by atoms with Crippen LogP contribution < -0.4 is 10.6 Å². The molecule has 2 rings (SSSR count). The standard InChI is InChI=1S/C14H17FN2/c1-10-5-3-8-13(10)14(16)17(2)12-7-4-6-11(15)9-12/h4,6-7,9H,1,3,5,8,16H2,2H3/b14-13-. The molecule has 0 amide bonds. The molecule has 0 heterocycles. The highest BCUT2D eigenvalue weighted by Gasteiger charge is 2.17. The van der Waals surface area contributed by atoms with Crippen molar-refractivity contribution in [1.82, 2.24) is 0 Å². The van der Waals surface area contributed by atoms with E-state index in [1.54, 1.807) is 6.07 Å². The second kappa shape index (κ2) is 4.62.